The fourth-order valence-corrected chi connectivity index (χ4v) is 6.46. The third-order valence-corrected chi connectivity index (χ3v) is 8.13. The molecule has 3 aromatic heterocycles. The summed E-state index contributed by atoms with van der Waals surface area (Å²) in [6, 6.07) is 21.5. The molecule has 5 rings (SSSR count). The van der Waals surface area contributed by atoms with Crippen molar-refractivity contribution in [2.45, 2.75) is 38.6 Å². The van der Waals surface area contributed by atoms with Gasteiger partial charge in [0, 0.05) is 27.2 Å². The van der Waals surface area contributed by atoms with Gasteiger partial charge in [0.25, 0.3) is 10.1 Å². The SMILES string of the molecule is CCc1cc2c(c(C)n1)c(-c1ccccc1)nn2Cc1ccc(-c2sc(C)cc2S(=O)(=O)O)cc1. The van der Waals surface area contributed by atoms with Gasteiger partial charge in [-0.25, -0.2) is 0 Å². The first-order chi connectivity index (χ1) is 16.7. The predicted octanol–water partition coefficient (Wildman–Crippen LogP) is 6.30. The lowest BCUT2D eigenvalue weighted by molar-refractivity contribution is 0.484. The molecule has 0 radical (unpaired) electrons. The zero-order chi connectivity index (χ0) is 24.7. The molecule has 0 saturated carbocycles. The number of thiophene rings is 1. The highest BCUT2D eigenvalue weighted by Crippen LogP contribution is 2.36. The van der Waals surface area contributed by atoms with Crippen LogP contribution in [0, 0.1) is 13.8 Å². The zero-order valence-electron chi connectivity index (χ0n) is 19.7. The van der Waals surface area contributed by atoms with E-state index in [-0.39, 0.29) is 4.90 Å². The molecule has 1 N–H and O–H groups in total. The molecular formula is C27H25N3O3S2. The van der Waals surface area contributed by atoms with Crippen molar-refractivity contribution in [1.29, 1.82) is 0 Å². The molecule has 5 aromatic rings. The number of benzene rings is 2. The first-order valence-electron chi connectivity index (χ1n) is 11.3. The van der Waals surface area contributed by atoms with E-state index in [4.69, 9.17) is 10.1 Å². The van der Waals surface area contributed by atoms with Gasteiger partial charge in [-0.2, -0.15) is 13.5 Å². The Morgan fingerprint density at radius 3 is 2.34 bits per heavy atom. The molecule has 0 aliphatic carbocycles. The van der Waals surface area contributed by atoms with Crippen LogP contribution >= 0.6 is 11.3 Å². The average molecular weight is 504 g/mol. The Kier molecular flexibility index (Phi) is 6.04. The van der Waals surface area contributed by atoms with Crippen molar-refractivity contribution in [2.24, 2.45) is 0 Å². The van der Waals surface area contributed by atoms with Crippen molar-refractivity contribution in [3.63, 3.8) is 0 Å². The molecule has 0 fully saturated rings. The summed E-state index contributed by atoms with van der Waals surface area (Å²) in [5, 5.41) is 6.04. The lowest BCUT2D eigenvalue weighted by Gasteiger charge is -2.07. The van der Waals surface area contributed by atoms with E-state index in [1.807, 2.05) is 61.0 Å². The van der Waals surface area contributed by atoms with Gasteiger partial charge in [-0.05, 0) is 43.5 Å². The highest BCUT2D eigenvalue weighted by molar-refractivity contribution is 7.86. The second-order valence-corrected chi connectivity index (χ2v) is 11.2. The average Bonchev–Trinajstić information content (AvgIpc) is 3.41. The van der Waals surface area contributed by atoms with Crippen molar-refractivity contribution in [3.8, 4) is 21.7 Å². The largest absolute Gasteiger partial charge is 0.295 e. The Bertz CT molecular complexity index is 1640. The van der Waals surface area contributed by atoms with Crippen molar-refractivity contribution in [3.05, 3.63) is 88.6 Å². The number of hydrogen-bond acceptors (Lipinski definition) is 5. The van der Waals surface area contributed by atoms with Crippen LogP contribution in [0.2, 0.25) is 0 Å². The molecule has 0 spiro atoms. The fourth-order valence-electron chi connectivity index (χ4n) is 4.36. The van der Waals surface area contributed by atoms with E-state index in [9.17, 15) is 13.0 Å². The molecule has 35 heavy (non-hydrogen) atoms. The smallest absolute Gasteiger partial charge is 0.282 e. The van der Waals surface area contributed by atoms with Gasteiger partial charge in [-0.15, -0.1) is 11.3 Å². The van der Waals surface area contributed by atoms with Crippen LogP contribution in [0.15, 0.2) is 71.6 Å². The predicted molar refractivity (Wildman–Crippen MR) is 140 cm³/mol. The van der Waals surface area contributed by atoms with Crippen LogP contribution in [0.3, 0.4) is 0 Å². The van der Waals surface area contributed by atoms with Crippen molar-refractivity contribution >= 4 is 32.4 Å². The maximum atomic E-state index is 11.8. The Morgan fingerprint density at radius 1 is 0.971 bits per heavy atom. The minimum Gasteiger partial charge on any atom is -0.282 e. The summed E-state index contributed by atoms with van der Waals surface area (Å²) in [6.45, 7) is 6.51. The molecule has 6 nitrogen and oxygen atoms in total. The molecule has 178 valence electrons. The molecule has 0 aliphatic rings. The molecule has 0 aliphatic heterocycles. The van der Waals surface area contributed by atoms with Gasteiger partial charge >= 0.3 is 0 Å². The van der Waals surface area contributed by atoms with Crippen LogP contribution in [-0.2, 0) is 23.1 Å². The summed E-state index contributed by atoms with van der Waals surface area (Å²) < 4.78 is 35.3. The number of rotatable bonds is 6. The van der Waals surface area contributed by atoms with E-state index in [0.717, 1.165) is 56.0 Å². The summed E-state index contributed by atoms with van der Waals surface area (Å²) in [4.78, 5) is 6.10. The summed E-state index contributed by atoms with van der Waals surface area (Å²) in [7, 11) is -4.29. The Balaban J connectivity index is 1.56. The zero-order valence-corrected chi connectivity index (χ0v) is 21.3. The normalized spacial score (nSPS) is 11.9. The maximum Gasteiger partial charge on any atom is 0.295 e. The van der Waals surface area contributed by atoms with Crippen molar-refractivity contribution < 1.29 is 13.0 Å². The van der Waals surface area contributed by atoms with E-state index >= 15 is 0 Å². The van der Waals surface area contributed by atoms with E-state index < -0.39 is 10.1 Å². The third kappa shape index (κ3) is 4.52. The third-order valence-electron chi connectivity index (χ3n) is 6.03. The molecule has 0 amide bonds. The second kappa shape index (κ2) is 9.03. The van der Waals surface area contributed by atoms with Gasteiger partial charge in [-0.3, -0.25) is 14.2 Å². The number of hydrogen-bond donors (Lipinski definition) is 1. The number of fused-ring (bicyclic) bond motifs is 1. The summed E-state index contributed by atoms with van der Waals surface area (Å²) in [6.07, 6.45) is 0.841. The Morgan fingerprint density at radius 2 is 1.69 bits per heavy atom. The van der Waals surface area contributed by atoms with E-state index in [0.29, 0.717) is 11.4 Å². The highest BCUT2D eigenvalue weighted by atomic mass is 32.2. The van der Waals surface area contributed by atoms with Crippen LogP contribution in [0.1, 0.15) is 28.8 Å². The quantitative estimate of drug-likeness (QED) is 0.275. The standard InChI is InChI=1S/C27H25N3O3S2/c1-4-22-15-23-25(18(3)28-22)26(20-8-6-5-7-9-20)29-30(23)16-19-10-12-21(13-11-19)27-24(35(31,32)33)14-17(2)34-27/h5-15H,4,16H2,1-3H3,(H,31,32,33). The fraction of sp³-hybridized carbons (Fsp3) is 0.185. The summed E-state index contributed by atoms with van der Waals surface area (Å²) >= 11 is 1.35. The highest BCUT2D eigenvalue weighted by Gasteiger charge is 2.20. The van der Waals surface area contributed by atoms with Gasteiger partial charge in [0.15, 0.2) is 0 Å². The number of aryl methyl sites for hydroxylation is 3. The van der Waals surface area contributed by atoms with Crippen LogP contribution in [0.4, 0.5) is 0 Å². The van der Waals surface area contributed by atoms with E-state index in [2.05, 4.69) is 25.1 Å². The minimum absolute atomic E-state index is 0.0478. The first-order valence-corrected chi connectivity index (χ1v) is 13.6. The maximum absolute atomic E-state index is 11.8. The van der Waals surface area contributed by atoms with Crippen LogP contribution in [0.5, 0.6) is 0 Å². The molecule has 2 aromatic carbocycles. The van der Waals surface area contributed by atoms with Gasteiger partial charge in [-0.1, -0.05) is 61.5 Å². The number of aromatic nitrogens is 3. The van der Waals surface area contributed by atoms with E-state index in [1.165, 1.54) is 17.4 Å². The molecule has 0 unspecified atom stereocenters. The lowest BCUT2D eigenvalue weighted by atomic mass is 10.1. The lowest BCUT2D eigenvalue weighted by Crippen LogP contribution is -2.03. The van der Waals surface area contributed by atoms with Gasteiger partial charge < -0.3 is 0 Å². The monoisotopic (exact) mass is 503 g/mol. The van der Waals surface area contributed by atoms with Gasteiger partial charge in [0.1, 0.15) is 10.6 Å². The van der Waals surface area contributed by atoms with Crippen LogP contribution < -0.4 is 0 Å². The van der Waals surface area contributed by atoms with Crippen LogP contribution in [-0.4, -0.2) is 27.7 Å². The topological polar surface area (TPSA) is 85.1 Å². The van der Waals surface area contributed by atoms with Gasteiger partial charge in [0.2, 0.25) is 0 Å². The Hall–Kier alpha value is -3.33. The number of pyridine rings is 1. The van der Waals surface area contributed by atoms with Gasteiger partial charge in [0.05, 0.1) is 16.9 Å². The van der Waals surface area contributed by atoms with Crippen molar-refractivity contribution in [2.75, 3.05) is 0 Å². The molecule has 0 atom stereocenters. The summed E-state index contributed by atoms with van der Waals surface area (Å²) in [5.74, 6) is 0. The van der Waals surface area contributed by atoms with Crippen molar-refractivity contribution in [1.82, 2.24) is 14.8 Å². The molecule has 8 heteroatoms. The first kappa shape index (κ1) is 23.4. The van der Waals surface area contributed by atoms with Crippen LogP contribution in [0.25, 0.3) is 32.6 Å². The molecule has 3 heterocycles. The minimum atomic E-state index is -4.29. The number of nitrogens with zero attached hydrogens (tertiary/aromatic N) is 3. The summed E-state index contributed by atoms with van der Waals surface area (Å²) in [5.41, 5.74) is 6.78. The molecule has 0 saturated heterocycles. The molecule has 0 bridgehead atoms. The van der Waals surface area contributed by atoms with E-state index in [1.54, 1.807) is 0 Å². The second-order valence-electron chi connectivity index (χ2n) is 8.54. The molecular weight excluding hydrogens is 478 g/mol. The Labute approximate surface area is 208 Å².